The standard InChI is InChI=1S/C18H26O2/c1-2-4-14-5-3-10-18(19,11-8-14)16-6-7-17-15(13-16)9-12-20-17/h6-7,13-14,19H,2-5,8-12H2,1H3. The Morgan fingerprint density at radius 1 is 1.30 bits per heavy atom. The minimum atomic E-state index is -0.611. The maximum Gasteiger partial charge on any atom is 0.122 e. The van der Waals surface area contributed by atoms with Gasteiger partial charge in [0.05, 0.1) is 12.2 Å². The molecule has 1 aromatic carbocycles. The highest BCUT2D eigenvalue weighted by Crippen LogP contribution is 2.40. The molecule has 0 saturated heterocycles. The number of rotatable bonds is 3. The lowest BCUT2D eigenvalue weighted by molar-refractivity contribution is 0.0195. The summed E-state index contributed by atoms with van der Waals surface area (Å²) in [7, 11) is 0. The number of benzene rings is 1. The number of ether oxygens (including phenoxy) is 1. The molecule has 2 heteroatoms. The molecule has 0 bridgehead atoms. The van der Waals surface area contributed by atoms with Crippen molar-refractivity contribution in [1.82, 2.24) is 0 Å². The first kappa shape index (κ1) is 13.9. The van der Waals surface area contributed by atoms with Gasteiger partial charge in [-0.25, -0.2) is 0 Å². The van der Waals surface area contributed by atoms with Crippen molar-refractivity contribution in [2.45, 2.75) is 63.9 Å². The van der Waals surface area contributed by atoms with Crippen LogP contribution in [0.15, 0.2) is 18.2 Å². The van der Waals surface area contributed by atoms with Gasteiger partial charge in [0, 0.05) is 6.42 Å². The van der Waals surface area contributed by atoms with Gasteiger partial charge in [-0.15, -0.1) is 0 Å². The summed E-state index contributed by atoms with van der Waals surface area (Å²) < 4.78 is 5.57. The summed E-state index contributed by atoms with van der Waals surface area (Å²) in [6.07, 6.45) is 8.98. The first-order chi connectivity index (χ1) is 9.71. The van der Waals surface area contributed by atoms with E-state index in [2.05, 4.69) is 19.1 Å². The van der Waals surface area contributed by atoms with Crippen molar-refractivity contribution in [3.05, 3.63) is 29.3 Å². The normalized spacial score (nSPS) is 29.6. The predicted octanol–water partition coefficient (Wildman–Crippen LogP) is 4.19. The van der Waals surface area contributed by atoms with Gasteiger partial charge in [-0.1, -0.05) is 32.3 Å². The van der Waals surface area contributed by atoms with E-state index < -0.39 is 5.60 Å². The molecule has 1 aromatic rings. The second-order valence-corrected chi connectivity index (χ2v) is 6.54. The number of hydrogen-bond donors (Lipinski definition) is 1. The van der Waals surface area contributed by atoms with E-state index in [1.807, 2.05) is 6.07 Å². The van der Waals surface area contributed by atoms with Crippen LogP contribution in [0.4, 0.5) is 0 Å². The van der Waals surface area contributed by atoms with Gasteiger partial charge in [-0.2, -0.15) is 0 Å². The minimum Gasteiger partial charge on any atom is -0.493 e. The molecule has 1 aliphatic heterocycles. The first-order valence-corrected chi connectivity index (χ1v) is 8.20. The molecule has 110 valence electrons. The van der Waals surface area contributed by atoms with Crippen molar-refractivity contribution < 1.29 is 9.84 Å². The summed E-state index contributed by atoms with van der Waals surface area (Å²) in [5.74, 6) is 1.82. The molecular weight excluding hydrogens is 248 g/mol. The van der Waals surface area contributed by atoms with E-state index in [-0.39, 0.29) is 0 Å². The molecule has 3 rings (SSSR count). The van der Waals surface area contributed by atoms with Crippen molar-refractivity contribution in [3.8, 4) is 5.75 Å². The van der Waals surface area contributed by atoms with Crippen molar-refractivity contribution in [2.75, 3.05) is 6.61 Å². The summed E-state index contributed by atoms with van der Waals surface area (Å²) in [5.41, 5.74) is 1.77. The van der Waals surface area contributed by atoms with E-state index in [1.54, 1.807) is 0 Å². The molecule has 1 saturated carbocycles. The van der Waals surface area contributed by atoms with Crippen LogP contribution in [0.5, 0.6) is 5.75 Å². The third-order valence-electron chi connectivity index (χ3n) is 5.09. The van der Waals surface area contributed by atoms with Crippen LogP contribution in [0.1, 0.15) is 63.0 Å². The van der Waals surface area contributed by atoms with Crippen LogP contribution in [-0.4, -0.2) is 11.7 Å². The summed E-state index contributed by atoms with van der Waals surface area (Å²) in [4.78, 5) is 0. The van der Waals surface area contributed by atoms with E-state index in [9.17, 15) is 5.11 Å². The molecule has 0 aromatic heterocycles. The molecule has 2 atom stereocenters. The molecule has 0 spiro atoms. The smallest absolute Gasteiger partial charge is 0.122 e. The van der Waals surface area contributed by atoms with E-state index in [4.69, 9.17) is 4.74 Å². The van der Waals surface area contributed by atoms with Crippen LogP contribution in [0, 0.1) is 5.92 Å². The highest BCUT2D eigenvalue weighted by molar-refractivity contribution is 5.41. The number of aliphatic hydroxyl groups is 1. The molecular formula is C18H26O2. The van der Waals surface area contributed by atoms with Crippen molar-refractivity contribution >= 4 is 0 Å². The Morgan fingerprint density at radius 3 is 3.05 bits per heavy atom. The fourth-order valence-electron chi connectivity index (χ4n) is 3.86. The van der Waals surface area contributed by atoms with Crippen LogP contribution in [0.3, 0.4) is 0 Å². The van der Waals surface area contributed by atoms with Gasteiger partial charge in [0.15, 0.2) is 0 Å². The fraction of sp³-hybridized carbons (Fsp3) is 0.667. The number of hydrogen-bond acceptors (Lipinski definition) is 2. The molecule has 1 heterocycles. The first-order valence-electron chi connectivity index (χ1n) is 8.20. The Labute approximate surface area is 122 Å². The molecule has 1 fully saturated rings. The molecule has 0 amide bonds. The zero-order valence-electron chi connectivity index (χ0n) is 12.5. The second kappa shape index (κ2) is 5.77. The van der Waals surface area contributed by atoms with Gasteiger partial charge < -0.3 is 9.84 Å². The lowest BCUT2D eigenvalue weighted by Crippen LogP contribution is -2.25. The van der Waals surface area contributed by atoms with E-state index in [0.29, 0.717) is 0 Å². The quantitative estimate of drug-likeness (QED) is 0.837. The fourth-order valence-corrected chi connectivity index (χ4v) is 3.86. The lowest BCUT2D eigenvalue weighted by Gasteiger charge is -2.28. The molecule has 1 N–H and O–H groups in total. The molecule has 20 heavy (non-hydrogen) atoms. The maximum absolute atomic E-state index is 11.1. The molecule has 0 radical (unpaired) electrons. The Hall–Kier alpha value is -1.02. The van der Waals surface area contributed by atoms with Gasteiger partial charge in [-0.05, 0) is 54.9 Å². The largest absolute Gasteiger partial charge is 0.493 e. The van der Waals surface area contributed by atoms with Gasteiger partial charge in [-0.3, -0.25) is 0 Å². The van der Waals surface area contributed by atoms with Crippen LogP contribution in [0.25, 0.3) is 0 Å². The summed E-state index contributed by atoms with van der Waals surface area (Å²) in [6, 6.07) is 6.30. The summed E-state index contributed by atoms with van der Waals surface area (Å²) >= 11 is 0. The maximum atomic E-state index is 11.1. The molecule has 2 nitrogen and oxygen atoms in total. The van der Waals surface area contributed by atoms with Gasteiger partial charge >= 0.3 is 0 Å². The molecule has 2 aliphatic rings. The summed E-state index contributed by atoms with van der Waals surface area (Å²) in [5, 5.41) is 11.1. The molecule has 1 aliphatic carbocycles. The zero-order chi connectivity index (χ0) is 14.0. The average Bonchev–Trinajstić information content (AvgIpc) is 2.84. The lowest BCUT2D eigenvalue weighted by atomic mass is 9.85. The monoisotopic (exact) mass is 274 g/mol. The Balaban J connectivity index is 1.78. The SMILES string of the molecule is CCCC1CCCC(O)(c2ccc3c(c2)CCO3)CC1. The Morgan fingerprint density at radius 2 is 2.20 bits per heavy atom. The van der Waals surface area contributed by atoms with E-state index in [0.717, 1.165) is 55.9 Å². The van der Waals surface area contributed by atoms with Crippen molar-refractivity contribution in [2.24, 2.45) is 5.92 Å². The van der Waals surface area contributed by atoms with E-state index in [1.165, 1.54) is 24.8 Å². The van der Waals surface area contributed by atoms with Gasteiger partial charge in [0.25, 0.3) is 0 Å². The Bertz CT molecular complexity index is 468. The van der Waals surface area contributed by atoms with Gasteiger partial charge in [0.2, 0.25) is 0 Å². The predicted molar refractivity (Wildman–Crippen MR) is 81.0 cm³/mol. The highest BCUT2D eigenvalue weighted by Gasteiger charge is 2.33. The zero-order valence-corrected chi connectivity index (χ0v) is 12.5. The second-order valence-electron chi connectivity index (χ2n) is 6.54. The Kier molecular flexibility index (Phi) is 4.02. The minimum absolute atomic E-state index is 0.611. The van der Waals surface area contributed by atoms with Crippen LogP contribution < -0.4 is 4.74 Å². The van der Waals surface area contributed by atoms with Crippen molar-refractivity contribution in [3.63, 3.8) is 0 Å². The molecule has 2 unspecified atom stereocenters. The van der Waals surface area contributed by atoms with Crippen molar-refractivity contribution in [1.29, 1.82) is 0 Å². The summed E-state index contributed by atoms with van der Waals surface area (Å²) in [6.45, 7) is 3.05. The average molecular weight is 274 g/mol. The van der Waals surface area contributed by atoms with Crippen LogP contribution in [0.2, 0.25) is 0 Å². The van der Waals surface area contributed by atoms with Crippen LogP contribution in [-0.2, 0) is 12.0 Å². The topological polar surface area (TPSA) is 29.5 Å². The van der Waals surface area contributed by atoms with E-state index >= 15 is 0 Å². The number of fused-ring (bicyclic) bond motifs is 1. The third kappa shape index (κ3) is 2.71. The highest BCUT2D eigenvalue weighted by atomic mass is 16.5. The van der Waals surface area contributed by atoms with Gasteiger partial charge in [0.1, 0.15) is 5.75 Å². The van der Waals surface area contributed by atoms with Crippen LogP contribution >= 0.6 is 0 Å². The third-order valence-corrected chi connectivity index (χ3v) is 5.09.